The molecule has 118 valence electrons. The van der Waals surface area contributed by atoms with Crippen LogP contribution in [0.4, 0.5) is 4.39 Å². The Labute approximate surface area is 133 Å². The molecule has 22 heavy (non-hydrogen) atoms. The first-order chi connectivity index (χ1) is 10.8. The Kier molecular flexibility index (Phi) is 5.07. The molecule has 3 rings (SSSR count). The summed E-state index contributed by atoms with van der Waals surface area (Å²) in [5.41, 5.74) is 6.57. The average molecular weight is 322 g/mol. The van der Waals surface area contributed by atoms with Crippen LogP contribution in [0.1, 0.15) is 18.7 Å². The minimum atomic E-state index is -0.262. The Bertz CT molecular complexity index is 611. The average Bonchev–Trinajstić information content (AvgIpc) is 3.18. The smallest absolute Gasteiger partial charge is 0.195 e. The largest absolute Gasteiger partial charge is 0.381 e. The Morgan fingerprint density at radius 2 is 2.14 bits per heavy atom. The fourth-order valence-corrected chi connectivity index (χ4v) is 3.58. The van der Waals surface area contributed by atoms with Crippen molar-refractivity contribution >= 4 is 11.8 Å². The fourth-order valence-electron chi connectivity index (χ4n) is 2.50. The van der Waals surface area contributed by atoms with E-state index in [1.807, 2.05) is 4.57 Å². The maximum absolute atomic E-state index is 13.1. The van der Waals surface area contributed by atoms with Crippen molar-refractivity contribution in [3.8, 4) is 5.69 Å². The van der Waals surface area contributed by atoms with Gasteiger partial charge in [0.05, 0.1) is 6.54 Å². The lowest BCUT2D eigenvalue weighted by Gasteiger charge is -2.10. The first-order valence-corrected chi connectivity index (χ1v) is 8.37. The normalized spacial score (nSPS) is 18.0. The molecule has 7 heteroatoms. The lowest BCUT2D eigenvalue weighted by atomic mass is 10.1. The van der Waals surface area contributed by atoms with Gasteiger partial charge in [-0.05, 0) is 43.0 Å². The summed E-state index contributed by atoms with van der Waals surface area (Å²) in [4.78, 5) is 0. The van der Waals surface area contributed by atoms with Gasteiger partial charge in [-0.2, -0.15) is 0 Å². The first-order valence-electron chi connectivity index (χ1n) is 7.39. The summed E-state index contributed by atoms with van der Waals surface area (Å²) in [7, 11) is 0. The van der Waals surface area contributed by atoms with Crippen LogP contribution in [0, 0.1) is 11.7 Å². The van der Waals surface area contributed by atoms with Crippen molar-refractivity contribution in [2.45, 2.75) is 24.5 Å². The number of nitrogens with zero attached hydrogens (tertiary/aromatic N) is 3. The van der Waals surface area contributed by atoms with E-state index in [2.05, 4.69) is 10.2 Å². The summed E-state index contributed by atoms with van der Waals surface area (Å²) in [5.74, 6) is 2.02. The highest BCUT2D eigenvalue weighted by molar-refractivity contribution is 7.99. The third-order valence-corrected chi connectivity index (χ3v) is 4.71. The third-order valence-electron chi connectivity index (χ3n) is 3.75. The molecule has 5 nitrogen and oxygen atoms in total. The van der Waals surface area contributed by atoms with E-state index in [1.165, 1.54) is 12.1 Å². The molecule has 1 aromatic heterocycles. The second-order valence-corrected chi connectivity index (χ2v) is 6.34. The van der Waals surface area contributed by atoms with Gasteiger partial charge in [0.2, 0.25) is 0 Å². The van der Waals surface area contributed by atoms with Gasteiger partial charge in [0.1, 0.15) is 5.82 Å². The molecule has 2 heterocycles. The molecule has 1 aliphatic rings. The van der Waals surface area contributed by atoms with Crippen molar-refractivity contribution in [2.24, 2.45) is 11.7 Å². The molecule has 1 saturated heterocycles. The molecular formula is C15H19FN4OS. The lowest BCUT2D eigenvalue weighted by Crippen LogP contribution is -2.08. The summed E-state index contributed by atoms with van der Waals surface area (Å²) in [6, 6.07) is 6.29. The minimum Gasteiger partial charge on any atom is -0.381 e. The Balaban J connectivity index is 1.73. The second kappa shape index (κ2) is 7.21. The number of halogens is 1. The maximum Gasteiger partial charge on any atom is 0.195 e. The predicted molar refractivity (Wildman–Crippen MR) is 83.5 cm³/mol. The molecule has 0 saturated carbocycles. The van der Waals surface area contributed by atoms with Gasteiger partial charge in [-0.25, -0.2) is 4.39 Å². The fraction of sp³-hybridized carbons (Fsp3) is 0.467. The Morgan fingerprint density at radius 1 is 1.32 bits per heavy atom. The van der Waals surface area contributed by atoms with Crippen molar-refractivity contribution in [3.63, 3.8) is 0 Å². The van der Waals surface area contributed by atoms with Crippen molar-refractivity contribution in [1.29, 1.82) is 0 Å². The zero-order valence-electron chi connectivity index (χ0n) is 12.2. The number of thioether (sulfide) groups is 1. The number of rotatable bonds is 6. The second-order valence-electron chi connectivity index (χ2n) is 5.28. The highest BCUT2D eigenvalue weighted by atomic mass is 32.2. The molecule has 2 aromatic rings. The summed E-state index contributed by atoms with van der Waals surface area (Å²) in [6.45, 7) is 2.03. The molecule has 1 aromatic carbocycles. The number of nitrogens with two attached hydrogens (primary N) is 1. The Morgan fingerprint density at radius 3 is 2.82 bits per heavy atom. The summed E-state index contributed by atoms with van der Waals surface area (Å²) >= 11 is 1.65. The van der Waals surface area contributed by atoms with Crippen LogP contribution in [-0.4, -0.2) is 33.7 Å². The van der Waals surface area contributed by atoms with E-state index in [0.717, 1.165) is 42.7 Å². The van der Waals surface area contributed by atoms with Gasteiger partial charge in [-0.1, -0.05) is 11.8 Å². The monoisotopic (exact) mass is 322 g/mol. The molecule has 0 bridgehead atoms. The van der Waals surface area contributed by atoms with Gasteiger partial charge in [0.25, 0.3) is 0 Å². The minimum absolute atomic E-state index is 0.262. The summed E-state index contributed by atoms with van der Waals surface area (Å²) < 4.78 is 20.4. The van der Waals surface area contributed by atoms with Crippen molar-refractivity contribution < 1.29 is 9.13 Å². The molecule has 0 aliphatic carbocycles. The molecule has 1 fully saturated rings. The van der Waals surface area contributed by atoms with E-state index in [9.17, 15) is 4.39 Å². The quantitative estimate of drug-likeness (QED) is 0.827. The van der Waals surface area contributed by atoms with Crippen LogP contribution in [0.3, 0.4) is 0 Å². The SMILES string of the molecule is NCc1nnc(SCCC2CCOC2)n1-c1ccc(F)cc1. The number of hydrogen-bond acceptors (Lipinski definition) is 5. The van der Waals surface area contributed by atoms with E-state index in [0.29, 0.717) is 18.3 Å². The van der Waals surface area contributed by atoms with Gasteiger partial charge in [0.15, 0.2) is 11.0 Å². The third kappa shape index (κ3) is 3.48. The number of ether oxygens (including phenoxy) is 1. The van der Waals surface area contributed by atoms with Gasteiger partial charge >= 0.3 is 0 Å². The van der Waals surface area contributed by atoms with Crippen LogP contribution < -0.4 is 5.73 Å². The molecule has 2 N–H and O–H groups in total. The molecule has 1 aliphatic heterocycles. The van der Waals surface area contributed by atoms with Crippen molar-refractivity contribution in [2.75, 3.05) is 19.0 Å². The lowest BCUT2D eigenvalue weighted by molar-refractivity contribution is 0.185. The van der Waals surface area contributed by atoms with Gasteiger partial charge in [-0.3, -0.25) is 4.57 Å². The van der Waals surface area contributed by atoms with Gasteiger partial charge < -0.3 is 10.5 Å². The summed E-state index contributed by atoms with van der Waals surface area (Å²) in [6.07, 6.45) is 2.23. The zero-order valence-corrected chi connectivity index (χ0v) is 13.1. The molecule has 0 spiro atoms. The molecule has 1 atom stereocenters. The van der Waals surface area contributed by atoms with E-state index < -0.39 is 0 Å². The van der Waals surface area contributed by atoms with Crippen LogP contribution in [0.15, 0.2) is 29.4 Å². The highest BCUT2D eigenvalue weighted by Gasteiger charge is 2.17. The van der Waals surface area contributed by atoms with Crippen LogP contribution in [0.5, 0.6) is 0 Å². The van der Waals surface area contributed by atoms with E-state index in [-0.39, 0.29) is 5.82 Å². The van der Waals surface area contributed by atoms with E-state index in [4.69, 9.17) is 10.5 Å². The summed E-state index contributed by atoms with van der Waals surface area (Å²) in [5, 5.41) is 9.15. The maximum atomic E-state index is 13.1. The van der Waals surface area contributed by atoms with Gasteiger partial charge in [0, 0.05) is 24.7 Å². The van der Waals surface area contributed by atoms with Crippen LogP contribution >= 0.6 is 11.8 Å². The van der Waals surface area contributed by atoms with Crippen LogP contribution in [-0.2, 0) is 11.3 Å². The molecule has 1 unspecified atom stereocenters. The number of aromatic nitrogens is 3. The molecular weight excluding hydrogens is 303 g/mol. The zero-order chi connectivity index (χ0) is 15.4. The number of hydrogen-bond donors (Lipinski definition) is 1. The van der Waals surface area contributed by atoms with Crippen molar-refractivity contribution in [3.05, 3.63) is 35.9 Å². The standard InChI is InChI=1S/C15H19FN4OS/c16-12-1-3-13(4-2-12)20-14(9-17)18-19-15(20)22-8-6-11-5-7-21-10-11/h1-4,11H,5-10,17H2. The van der Waals surface area contributed by atoms with Crippen molar-refractivity contribution in [1.82, 2.24) is 14.8 Å². The first kappa shape index (κ1) is 15.5. The van der Waals surface area contributed by atoms with E-state index >= 15 is 0 Å². The van der Waals surface area contributed by atoms with Gasteiger partial charge in [-0.15, -0.1) is 10.2 Å². The molecule has 0 radical (unpaired) electrons. The van der Waals surface area contributed by atoms with Crippen LogP contribution in [0.2, 0.25) is 0 Å². The van der Waals surface area contributed by atoms with E-state index in [1.54, 1.807) is 23.9 Å². The highest BCUT2D eigenvalue weighted by Crippen LogP contribution is 2.25. The van der Waals surface area contributed by atoms with Crippen LogP contribution in [0.25, 0.3) is 5.69 Å². The predicted octanol–water partition coefficient (Wildman–Crippen LogP) is 2.38. The molecule has 0 amide bonds. The number of benzene rings is 1. The topological polar surface area (TPSA) is 66.0 Å². The Hall–Kier alpha value is -1.44.